The molecule has 2 N–H and O–H groups in total. The van der Waals surface area contributed by atoms with E-state index in [1.165, 1.54) is 35.4 Å². The van der Waals surface area contributed by atoms with Crippen molar-refractivity contribution in [3.05, 3.63) is 83.3 Å². The van der Waals surface area contributed by atoms with E-state index in [9.17, 15) is 23.1 Å². The molecule has 0 aliphatic carbocycles. The molecule has 1 amide bonds. The van der Waals surface area contributed by atoms with Gasteiger partial charge in [0, 0.05) is 6.21 Å². The summed E-state index contributed by atoms with van der Waals surface area (Å²) in [4.78, 5) is 18.4. The Kier molecular flexibility index (Phi) is 8.59. The van der Waals surface area contributed by atoms with E-state index in [1.54, 1.807) is 19.9 Å². The molecule has 3 rings (SSSR count). The molecule has 0 bridgehead atoms. The van der Waals surface area contributed by atoms with Crippen LogP contribution in [0, 0.1) is 24.4 Å². The van der Waals surface area contributed by atoms with Crippen LogP contribution < -0.4 is 5.32 Å². The second-order valence-corrected chi connectivity index (χ2v) is 7.26. The number of aliphatic imine (C=N–C) groups is 1. The number of likely N-dealkylation sites (tertiary alicyclic amines) is 1. The molecule has 1 heterocycles. The zero-order chi connectivity index (χ0) is 24.8. The third-order valence-electron chi connectivity index (χ3n) is 4.92. The zero-order valence-corrected chi connectivity index (χ0v) is 19.1. The summed E-state index contributed by atoms with van der Waals surface area (Å²) in [5.74, 6) is -3.79. The molecule has 2 aromatic carbocycles. The fourth-order valence-electron chi connectivity index (χ4n) is 3.34. The Morgan fingerprint density at radius 3 is 2.42 bits per heavy atom. The summed E-state index contributed by atoms with van der Waals surface area (Å²) >= 11 is 0. The second-order valence-electron chi connectivity index (χ2n) is 7.26. The van der Waals surface area contributed by atoms with Crippen LogP contribution in [0.15, 0.2) is 59.8 Å². The molecule has 2 aromatic rings. The Morgan fingerprint density at radius 2 is 1.85 bits per heavy atom. The highest BCUT2D eigenvalue weighted by atomic mass is 19.2. The molecular weight excluding hydrogens is 431 g/mol. The molecule has 1 saturated heterocycles. The smallest absolute Gasteiger partial charge is 0.256 e. The number of hydrogen-bond acceptors (Lipinski definition) is 4. The van der Waals surface area contributed by atoms with E-state index >= 15 is 0 Å². The van der Waals surface area contributed by atoms with Gasteiger partial charge in [0.1, 0.15) is 11.4 Å². The van der Waals surface area contributed by atoms with Crippen LogP contribution in [0.25, 0.3) is 0 Å². The molecular formula is C25H28F3N3O2. The number of aliphatic hydroxyl groups is 1. The minimum atomic E-state index is -1.38. The number of nitrogens with one attached hydrogen (secondary N) is 1. The lowest BCUT2D eigenvalue weighted by Gasteiger charge is -2.46. The van der Waals surface area contributed by atoms with Crippen LogP contribution in [0.1, 0.15) is 36.7 Å². The lowest BCUT2D eigenvalue weighted by molar-refractivity contribution is -0.0543. The fourth-order valence-corrected chi connectivity index (χ4v) is 3.34. The summed E-state index contributed by atoms with van der Waals surface area (Å²) in [6.07, 6.45) is 4.51. The Morgan fingerprint density at radius 1 is 1.18 bits per heavy atom. The highest BCUT2D eigenvalue weighted by Crippen LogP contribution is 2.34. The van der Waals surface area contributed by atoms with Crippen LogP contribution in [0.5, 0.6) is 0 Å². The maximum Gasteiger partial charge on any atom is 0.256 e. The van der Waals surface area contributed by atoms with Crippen LogP contribution >= 0.6 is 0 Å². The summed E-state index contributed by atoms with van der Waals surface area (Å²) in [5.41, 5.74) is -1.16. The van der Waals surface area contributed by atoms with E-state index < -0.39 is 34.6 Å². The molecule has 0 atom stereocenters. The number of rotatable bonds is 6. The van der Waals surface area contributed by atoms with Gasteiger partial charge in [-0.25, -0.2) is 13.2 Å². The standard InChI is InChI=1S/C23H22F3N3O2.C2H6/c1-4-6-19(27-5-2)23(31)12-29(13-23)22(30)15-8-9-16(24)20(26)21(15)28-18-10-7-14(3)11-17(18)25;1-2/h4-11,28,31H,1,12-13H2,2-3H3;1-2H3/b19-6-,27-5?;. The van der Waals surface area contributed by atoms with Gasteiger partial charge >= 0.3 is 0 Å². The van der Waals surface area contributed by atoms with Gasteiger partial charge in [0.25, 0.3) is 5.91 Å². The molecule has 0 aromatic heterocycles. The predicted molar refractivity (Wildman–Crippen MR) is 125 cm³/mol. The maximum absolute atomic E-state index is 14.6. The quantitative estimate of drug-likeness (QED) is 0.441. The highest BCUT2D eigenvalue weighted by molar-refractivity contribution is 6.01. The van der Waals surface area contributed by atoms with Gasteiger partial charge < -0.3 is 15.3 Å². The van der Waals surface area contributed by atoms with Gasteiger partial charge in [-0.2, -0.15) is 0 Å². The number of carbonyl (C=O) groups excluding carboxylic acids is 1. The number of aryl methyl sites for hydroxylation is 1. The predicted octanol–water partition coefficient (Wildman–Crippen LogP) is 5.53. The lowest BCUT2D eigenvalue weighted by atomic mass is 9.89. The summed E-state index contributed by atoms with van der Waals surface area (Å²) in [7, 11) is 0. The first-order chi connectivity index (χ1) is 15.7. The largest absolute Gasteiger partial charge is 0.380 e. The molecule has 0 unspecified atom stereocenters. The van der Waals surface area contributed by atoms with Crippen molar-refractivity contribution in [2.75, 3.05) is 18.4 Å². The SMILES string of the molecule is C=C/C=C(\N=CC)C1(O)CN(C(=O)c2ccc(F)c(F)c2Nc2ccc(C)cc2F)C1.CC. The first-order valence-electron chi connectivity index (χ1n) is 10.5. The Balaban J connectivity index is 0.00000187. The van der Waals surface area contributed by atoms with E-state index in [1.807, 2.05) is 13.8 Å². The average molecular weight is 460 g/mol. The lowest BCUT2D eigenvalue weighted by Crippen LogP contribution is -2.64. The Hall–Kier alpha value is -3.39. The van der Waals surface area contributed by atoms with E-state index in [4.69, 9.17) is 0 Å². The molecule has 1 aliphatic heterocycles. The monoisotopic (exact) mass is 459 g/mol. The van der Waals surface area contributed by atoms with Gasteiger partial charge in [0.05, 0.1) is 35.7 Å². The van der Waals surface area contributed by atoms with Crippen molar-refractivity contribution in [3.8, 4) is 0 Å². The van der Waals surface area contributed by atoms with Crippen molar-refractivity contribution in [2.45, 2.75) is 33.3 Å². The van der Waals surface area contributed by atoms with Gasteiger partial charge in [-0.15, -0.1) is 0 Å². The topological polar surface area (TPSA) is 64.9 Å². The van der Waals surface area contributed by atoms with Crippen molar-refractivity contribution < 1.29 is 23.1 Å². The van der Waals surface area contributed by atoms with Crippen molar-refractivity contribution in [1.29, 1.82) is 0 Å². The van der Waals surface area contributed by atoms with E-state index in [-0.39, 0.29) is 24.3 Å². The number of amides is 1. The van der Waals surface area contributed by atoms with E-state index in [2.05, 4.69) is 16.9 Å². The Bertz CT molecular complexity index is 1090. The molecule has 5 nitrogen and oxygen atoms in total. The third kappa shape index (κ3) is 5.51. The summed E-state index contributed by atoms with van der Waals surface area (Å²) in [6, 6.07) is 6.16. The number of benzene rings is 2. The zero-order valence-electron chi connectivity index (χ0n) is 19.1. The fraction of sp³-hybridized carbons (Fsp3) is 0.280. The first-order valence-corrected chi connectivity index (χ1v) is 10.5. The van der Waals surface area contributed by atoms with Crippen LogP contribution in [0.2, 0.25) is 0 Å². The molecule has 8 heteroatoms. The molecule has 1 aliphatic rings. The van der Waals surface area contributed by atoms with Crippen LogP contribution in [0.3, 0.4) is 0 Å². The summed E-state index contributed by atoms with van der Waals surface area (Å²) in [5, 5.41) is 13.2. The van der Waals surface area contributed by atoms with Gasteiger partial charge in [0.2, 0.25) is 0 Å². The van der Waals surface area contributed by atoms with Crippen molar-refractivity contribution in [2.24, 2.45) is 4.99 Å². The van der Waals surface area contributed by atoms with Crippen LogP contribution in [-0.4, -0.2) is 40.8 Å². The number of nitrogens with zero attached hydrogens (tertiary/aromatic N) is 2. The van der Waals surface area contributed by atoms with Crippen molar-refractivity contribution >= 4 is 23.5 Å². The molecule has 33 heavy (non-hydrogen) atoms. The van der Waals surface area contributed by atoms with Crippen molar-refractivity contribution in [3.63, 3.8) is 0 Å². The first kappa shape index (κ1) is 25.9. The molecule has 0 saturated carbocycles. The van der Waals surface area contributed by atoms with E-state index in [0.717, 1.165) is 12.1 Å². The maximum atomic E-state index is 14.6. The van der Waals surface area contributed by atoms with Crippen LogP contribution in [-0.2, 0) is 0 Å². The molecule has 176 valence electrons. The Labute approximate surface area is 192 Å². The summed E-state index contributed by atoms with van der Waals surface area (Å²) in [6.45, 7) is 10.8. The number of anilines is 2. The molecule has 0 spiro atoms. The minimum absolute atomic E-state index is 0.0970. The average Bonchev–Trinajstić information content (AvgIpc) is 2.77. The molecule has 0 radical (unpaired) electrons. The number of halogens is 3. The third-order valence-corrected chi connectivity index (χ3v) is 4.92. The number of β-amino-alcohol motifs (C(OH)–C–C–N with tert-alkyl or cyclic N) is 1. The second kappa shape index (κ2) is 11.0. The highest BCUT2D eigenvalue weighted by Gasteiger charge is 2.47. The number of hydrogen-bond donors (Lipinski definition) is 2. The van der Waals surface area contributed by atoms with Gasteiger partial charge in [-0.05, 0) is 49.8 Å². The number of carbonyl (C=O) groups is 1. The van der Waals surface area contributed by atoms with Crippen molar-refractivity contribution in [1.82, 2.24) is 4.90 Å². The van der Waals surface area contributed by atoms with Gasteiger partial charge in [0.15, 0.2) is 11.6 Å². The molecule has 1 fully saturated rings. The minimum Gasteiger partial charge on any atom is -0.380 e. The van der Waals surface area contributed by atoms with Crippen LogP contribution in [0.4, 0.5) is 24.5 Å². The van der Waals surface area contributed by atoms with Gasteiger partial charge in [-0.1, -0.05) is 32.6 Å². The van der Waals surface area contributed by atoms with E-state index in [0.29, 0.717) is 11.3 Å². The summed E-state index contributed by atoms with van der Waals surface area (Å²) < 4.78 is 42.7. The normalized spacial score (nSPS) is 14.9. The number of allylic oxidation sites excluding steroid dienone is 2. The van der Waals surface area contributed by atoms with Gasteiger partial charge in [-0.3, -0.25) is 9.79 Å².